The number of rotatable bonds is 1. The lowest BCUT2D eigenvalue weighted by atomic mass is 9.88. The van der Waals surface area contributed by atoms with Crippen LogP contribution in [0.4, 0.5) is 0 Å². The zero-order valence-electron chi connectivity index (χ0n) is 15.4. The van der Waals surface area contributed by atoms with Gasteiger partial charge in [0.15, 0.2) is 0 Å². The Labute approximate surface area is 163 Å². The molecule has 6 aromatic rings. The lowest BCUT2D eigenvalue weighted by molar-refractivity contribution is 1.71. The summed E-state index contributed by atoms with van der Waals surface area (Å²) in [5.41, 5.74) is 2.63. The van der Waals surface area contributed by atoms with Gasteiger partial charge in [-0.3, -0.25) is 0 Å². The summed E-state index contributed by atoms with van der Waals surface area (Å²) >= 11 is 0. The van der Waals surface area contributed by atoms with E-state index in [2.05, 4.69) is 109 Å². The Morgan fingerprint density at radius 3 is 1.71 bits per heavy atom. The summed E-state index contributed by atoms with van der Waals surface area (Å²) in [7, 11) is 0. The molecule has 0 aliphatic carbocycles. The van der Waals surface area contributed by atoms with Crippen LogP contribution in [-0.2, 0) is 0 Å². The number of hydrogen-bond donors (Lipinski definition) is 0. The van der Waals surface area contributed by atoms with Gasteiger partial charge < -0.3 is 0 Å². The molecule has 130 valence electrons. The maximum atomic E-state index is 2.36. The predicted molar refractivity (Wildman–Crippen MR) is 122 cm³/mol. The molecule has 0 radical (unpaired) electrons. The highest BCUT2D eigenvalue weighted by atomic mass is 14.2. The van der Waals surface area contributed by atoms with Crippen LogP contribution in [0.5, 0.6) is 0 Å². The highest BCUT2D eigenvalue weighted by molar-refractivity contribution is 6.18. The second kappa shape index (κ2) is 5.94. The SMILES string of the molecule is c1ccc2cc3c(-c4cccc5ccccc45)c4ccccc4cc3cc2c1. The number of benzene rings is 6. The fourth-order valence-corrected chi connectivity index (χ4v) is 4.49. The minimum Gasteiger partial charge on any atom is -0.0616 e. The van der Waals surface area contributed by atoms with Crippen molar-refractivity contribution in [3.8, 4) is 11.1 Å². The van der Waals surface area contributed by atoms with E-state index in [-0.39, 0.29) is 0 Å². The molecule has 6 aromatic carbocycles. The van der Waals surface area contributed by atoms with E-state index < -0.39 is 0 Å². The van der Waals surface area contributed by atoms with E-state index >= 15 is 0 Å². The van der Waals surface area contributed by atoms with Crippen LogP contribution in [0.1, 0.15) is 0 Å². The third-order valence-corrected chi connectivity index (χ3v) is 5.79. The van der Waals surface area contributed by atoms with E-state index in [4.69, 9.17) is 0 Å². The fourth-order valence-electron chi connectivity index (χ4n) is 4.49. The molecule has 0 aliphatic heterocycles. The van der Waals surface area contributed by atoms with Gasteiger partial charge in [-0.15, -0.1) is 0 Å². The molecule has 0 nitrogen and oxygen atoms in total. The first-order chi connectivity index (χ1) is 13.9. The van der Waals surface area contributed by atoms with Crippen LogP contribution in [-0.4, -0.2) is 0 Å². The van der Waals surface area contributed by atoms with Crippen LogP contribution >= 0.6 is 0 Å². The molecular formula is C28H18. The molecule has 0 amide bonds. The van der Waals surface area contributed by atoms with Crippen LogP contribution < -0.4 is 0 Å². The average Bonchev–Trinajstić information content (AvgIpc) is 2.76. The molecule has 0 heterocycles. The van der Waals surface area contributed by atoms with Crippen molar-refractivity contribution in [3.63, 3.8) is 0 Å². The van der Waals surface area contributed by atoms with Crippen molar-refractivity contribution < 1.29 is 0 Å². The Morgan fingerprint density at radius 2 is 0.893 bits per heavy atom. The maximum Gasteiger partial charge on any atom is -0.00204 e. The lowest BCUT2D eigenvalue weighted by Gasteiger charge is -2.15. The van der Waals surface area contributed by atoms with Crippen LogP contribution in [0.2, 0.25) is 0 Å². The topological polar surface area (TPSA) is 0 Å². The van der Waals surface area contributed by atoms with Crippen LogP contribution in [0.15, 0.2) is 109 Å². The maximum absolute atomic E-state index is 2.36. The summed E-state index contributed by atoms with van der Waals surface area (Å²) in [5, 5.41) is 10.3. The minimum absolute atomic E-state index is 1.28. The van der Waals surface area contributed by atoms with Crippen molar-refractivity contribution in [1.29, 1.82) is 0 Å². The van der Waals surface area contributed by atoms with Crippen LogP contribution in [0, 0.1) is 0 Å². The molecule has 6 rings (SSSR count). The first kappa shape index (κ1) is 15.4. The Morgan fingerprint density at radius 1 is 0.321 bits per heavy atom. The van der Waals surface area contributed by atoms with E-state index in [9.17, 15) is 0 Å². The van der Waals surface area contributed by atoms with Crippen LogP contribution in [0.25, 0.3) is 54.2 Å². The molecule has 0 bridgehead atoms. The predicted octanol–water partition coefficient (Wildman–Crippen LogP) is 7.97. The fraction of sp³-hybridized carbons (Fsp3) is 0. The van der Waals surface area contributed by atoms with Crippen molar-refractivity contribution in [1.82, 2.24) is 0 Å². The van der Waals surface area contributed by atoms with E-state index in [0.717, 1.165) is 0 Å². The van der Waals surface area contributed by atoms with E-state index in [1.807, 2.05) is 0 Å². The second-order valence-electron chi connectivity index (χ2n) is 7.42. The highest BCUT2D eigenvalue weighted by Gasteiger charge is 2.13. The van der Waals surface area contributed by atoms with Crippen molar-refractivity contribution in [3.05, 3.63) is 109 Å². The van der Waals surface area contributed by atoms with Crippen molar-refractivity contribution >= 4 is 43.1 Å². The van der Waals surface area contributed by atoms with Gasteiger partial charge in [-0.25, -0.2) is 0 Å². The first-order valence-corrected chi connectivity index (χ1v) is 9.71. The monoisotopic (exact) mass is 354 g/mol. The minimum atomic E-state index is 1.28. The van der Waals surface area contributed by atoms with Gasteiger partial charge in [-0.05, 0) is 72.4 Å². The molecule has 0 heteroatoms. The smallest absolute Gasteiger partial charge is 0.00204 e. The van der Waals surface area contributed by atoms with Gasteiger partial charge in [0.05, 0.1) is 0 Å². The third kappa shape index (κ3) is 2.25. The summed E-state index contributed by atoms with van der Waals surface area (Å²) < 4.78 is 0. The second-order valence-corrected chi connectivity index (χ2v) is 7.42. The molecule has 0 atom stereocenters. The van der Waals surface area contributed by atoms with Crippen molar-refractivity contribution in [2.24, 2.45) is 0 Å². The van der Waals surface area contributed by atoms with Gasteiger partial charge in [-0.2, -0.15) is 0 Å². The van der Waals surface area contributed by atoms with Gasteiger partial charge in [0.2, 0.25) is 0 Å². The van der Waals surface area contributed by atoms with Gasteiger partial charge in [-0.1, -0.05) is 91.0 Å². The normalized spacial score (nSPS) is 11.6. The van der Waals surface area contributed by atoms with Gasteiger partial charge in [0.1, 0.15) is 0 Å². The van der Waals surface area contributed by atoms with Crippen LogP contribution in [0.3, 0.4) is 0 Å². The molecule has 0 aromatic heterocycles. The summed E-state index contributed by atoms with van der Waals surface area (Å²) in [6, 6.07) is 39.7. The molecule has 0 N–H and O–H groups in total. The molecule has 0 fully saturated rings. The summed E-state index contributed by atoms with van der Waals surface area (Å²) in [4.78, 5) is 0. The molecule has 0 saturated heterocycles. The molecule has 0 saturated carbocycles. The quantitative estimate of drug-likeness (QED) is 0.263. The summed E-state index contributed by atoms with van der Waals surface area (Å²) in [6.45, 7) is 0. The standard InChI is InChI=1S/C28H18/c1-2-10-21-18-27-23(16-20(21)9-1)17-22-11-4-6-14-25(22)28(27)26-15-7-12-19-8-3-5-13-24(19)26/h1-18H. The first-order valence-electron chi connectivity index (χ1n) is 9.71. The van der Waals surface area contributed by atoms with E-state index in [1.165, 1.54) is 54.2 Å². The van der Waals surface area contributed by atoms with Crippen molar-refractivity contribution in [2.75, 3.05) is 0 Å². The number of hydrogen-bond acceptors (Lipinski definition) is 0. The molecule has 28 heavy (non-hydrogen) atoms. The zero-order chi connectivity index (χ0) is 18.5. The molecular weight excluding hydrogens is 336 g/mol. The Kier molecular flexibility index (Phi) is 3.27. The third-order valence-electron chi connectivity index (χ3n) is 5.79. The Balaban J connectivity index is 1.86. The summed E-state index contributed by atoms with van der Waals surface area (Å²) in [5.74, 6) is 0. The van der Waals surface area contributed by atoms with Crippen molar-refractivity contribution in [2.45, 2.75) is 0 Å². The molecule has 0 aliphatic rings. The van der Waals surface area contributed by atoms with Gasteiger partial charge in [0.25, 0.3) is 0 Å². The zero-order valence-corrected chi connectivity index (χ0v) is 15.4. The lowest BCUT2D eigenvalue weighted by Crippen LogP contribution is -1.88. The molecule has 0 spiro atoms. The summed E-state index contributed by atoms with van der Waals surface area (Å²) in [6.07, 6.45) is 0. The van der Waals surface area contributed by atoms with E-state index in [0.29, 0.717) is 0 Å². The average molecular weight is 354 g/mol. The highest BCUT2D eigenvalue weighted by Crippen LogP contribution is 2.40. The largest absolute Gasteiger partial charge is 0.0616 e. The Hall–Kier alpha value is -3.64. The van der Waals surface area contributed by atoms with Gasteiger partial charge >= 0.3 is 0 Å². The Bertz CT molecular complexity index is 1490. The van der Waals surface area contributed by atoms with E-state index in [1.54, 1.807) is 0 Å². The molecule has 0 unspecified atom stereocenters. The van der Waals surface area contributed by atoms with Gasteiger partial charge in [0, 0.05) is 0 Å². The number of fused-ring (bicyclic) bond motifs is 4.